The molecular formula is C50H64FN3O11. The van der Waals surface area contributed by atoms with Crippen molar-refractivity contribution in [1.82, 2.24) is 4.90 Å². The third kappa shape index (κ3) is 11.4. The highest BCUT2D eigenvalue weighted by Crippen LogP contribution is 2.62. The number of unbranched alkanes of at least 4 members (excludes halogenated alkanes) is 2. The van der Waals surface area contributed by atoms with Crippen molar-refractivity contribution in [3.05, 3.63) is 102 Å². The number of benzene rings is 3. The minimum atomic E-state index is -1.58. The molecule has 3 aromatic carbocycles. The first-order valence-electron chi connectivity index (χ1n) is 22.4. The van der Waals surface area contributed by atoms with Crippen molar-refractivity contribution < 1.29 is 57.5 Å². The van der Waals surface area contributed by atoms with E-state index in [1.807, 2.05) is 26.8 Å². The topological polar surface area (TPSA) is 167 Å². The van der Waals surface area contributed by atoms with Crippen LogP contribution in [0.4, 0.5) is 19.7 Å². The van der Waals surface area contributed by atoms with Crippen LogP contribution in [0.3, 0.4) is 0 Å². The summed E-state index contributed by atoms with van der Waals surface area (Å²) in [5.74, 6) is -1.51. The molecule has 6 unspecified atom stereocenters. The number of amides is 2. The summed E-state index contributed by atoms with van der Waals surface area (Å²) in [7, 11) is 3.03. The number of anilines is 1. The van der Waals surface area contributed by atoms with E-state index in [4.69, 9.17) is 38.4 Å². The third-order valence-electron chi connectivity index (χ3n) is 12.1. The molecule has 2 amide bonds. The van der Waals surface area contributed by atoms with Crippen molar-refractivity contribution in [3.8, 4) is 23.0 Å². The van der Waals surface area contributed by atoms with E-state index in [2.05, 4.69) is 18.0 Å². The Labute approximate surface area is 381 Å². The summed E-state index contributed by atoms with van der Waals surface area (Å²) in [5.41, 5.74) is 2.54. The lowest BCUT2D eigenvalue weighted by atomic mass is 9.55. The SMILES string of the molecule is C=CCOC12Oc3ccc(OC(=O)Nc4ccc(OC)cc4OC)cc3C3C(CCCCO)C(CCCCO)C=C(C(=NOC(C)(C)C)CC1N(Cc1ccc(F)cc1)C(=O)OCC)C32. The fourth-order valence-corrected chi connectivity index (χ4v) is 9.34. The zero-order valence-electron chi connectivity index (χ0n) is 38.3. The fourth-order valence-electron chi connectivity index (χ4n) is 9.34. The normalized spacial score (nSPS) is 22.6. The second kappa shape index (κ2) is 22.0. The molecular weight excluding hydrogens is 838 g/mol. The molecule has 0 spiro atoms. The number of allylic oxidation sites excluding steroid dienone is 1. The van der Waals surface area contributed by atoms with Gasteiger partial charge in [0.05, 0.1) is 44.8 Å². The van der Waals surface area contributed by atoms with Crippen LogP contribution in [0.5, 0.6) is 23.0 Å². The first-order chi connectivity index (χ1) is 31.3. The van der Waals surface area contributed by atoms with Gasteiger partial charge in [-0.2, -0.15) is 0 Å². The van der Waals surface area contributed by atoms with Crippen molar-refractivity contribution in [1.29, 1.82) is 0 Å². The Morgan fingerprint density at radius 3 is 2.37 bits per heavy atom. The van der Waals surface area contributed by atoms with Gasteiger partial charge in [0.1, 0.15) is 40.5 Å². The molecule has 1 saturated carbocycles. The molecule has 0 aromatic heterocycles. The Kier molecular flexibility index (Phi) is 16.5. The van der Waals surface area contributed by atoms with Crippen LogP contribution < -0.4 is 24.3 Å². The number of oxime groups is 1. The Balaban J connectivity index is 1.57. The second-order valence-electron chi connectivity index (χ2n) is 17.5. The number of hydrogen-bond acceptors (Lipinski definition) is 12. The molecule has 3 N–H and O–H groups in total. The Morgan fingerprint density at radius 2 is 1.71 bits per heavy atom. The lowest BCUT2D eigenvalue weighted by Gasteiger charge is -2.60. The smallest absolute Gasteiger partial charge is 0.417 e. The van der Waals surface area contributed by atoms with E-state index in [0.29, 0.717) is 59.9 Å². The Hall–Kier alpha value is -5.64. The molecule has 6 rings (SSSR count). The number of aliphatic hydroxyl groups excluding tert-OH is 2. The number of halogens is 1. The third-order valence-corrected chi connectivity index (χ3v) is 12.1. The molecule has 0 saturated heterocycles. The van der Waals surface area contributed by atoms with Crippen molar-refractivity contribution >= 4 is 23.6 Å². The lowest BCUT2D eigenvalue weighted by molar-refractivity contribution is -0.256. The summed E-state index contributed by atoms with van der Waals surface area (Å²) < 4.78 is 51.1. The summed E-state index contributed by atoms with van der Waals surface area (Å²) in [5, 5.41) is 27.5. The molecule has 2 aliphatic carbocycles. The number of fused-ring (bicyclic) bond motifs is 2. The van der Waals surface area contributed by atoms with Crippen LogP contribution in [0.25, 0.3) is 0 Å². The molecule has 1 aliphatic heterocycles. The number of methoxy groups -OCH3 is 2. The van der Waals surface area contributed by atoms with Crippen LogP contribution in [-0.2, 0) is 20.9 Å². The van der Waals surface area contributed by atoms with Gasteiger partial charge in [-0.15, -0.1) is 6.58 Å². The number of aliphatic hydroxyl groups is 2. The standard InChI is InChI=1S/C50H64FN3O11/c1-8-26-62-50-44(54(48(58)61-9-2)31-32-16-18-34(51)19-17-32)30-41(53-65-49(3,4)5)38-27-33(14-10-12-24-55)37(15-11-13-25-56)45(46(38)50)39-28-36(21-23-42(39)64-50)63-47(57)52-40-22-20-35(59-6)29-43(40)60-7/h8,16-23,27-29,33,37,44-46,55-56H,1,9-15,24-26,30-31H2,2-7H3,(H,52,57). The van der Waals surface area contributed by atoms with Gasteiger partial charge in [0.15, 0.2) is 0 Å². The number of carbonyl (C=O) groups excluding carboxylic acids is 2. The number of ether oxygens (including phenoxy) is 6. The number of nitrogens with one attached hydrogen (secondary N) is 1. The van der Waals surface area contributed by atoms with Crippen LogP contribution in [-0.4, -0.2) is 91.1 Å². The molecule has 14 nitrogen and oxygen atoms in total. The second-order valence-corrected chi connectivity index (χ2v) is 17.5. The van der Waals surface area contributed by atoms with Crippen molar-refractivity contribution in [2.75, 3.05) is 46.0 Å². The molecule has 0 bridgehead atoms. The maximum absolute atomic E-state index is 14.4. The molecule has 6 atom stereocenters. The van der Waals surface area contributed by atoms with Crippen LogP contribution >= 0.6 is 0 Å². The van der Waals surface area contributed by atoms with Gasteiger partial charge in [-0.3, -0.25) is 10.2 Å². The van der Waals surface area contributed by atoms with Gasteiger partial charge in [0, 0.05) is 43.7 Å². The van der Waals surface area contributed by atoms with Gasteiger partial charge in [0.2, 0.25) is 5.79 Å². The summed E-state index contributed by atoms with van der Waals surface area (Å²) in [4.78, 5) is 35.8. The average molecular weight is 902 g/mol. The predicted octanol–water partition coefficient (Wildman–Crippen LogP) is 9.54. The van der Waals surface area contributed by atoms with Gasteiger partial charge < -0.3 is 43.5 Å². The maximum Gasteiger partial charge on any atom is 0.417 e. The average Bonchev–Trinajstić information content (AvgIpc) is 3.28. The van der Waals surface area contributed by atoms with Crippen LogP contribution in [0.1, 0.15) is 89.7 Å². The van der Waals surface area contributed by atoms with E-state index >= 15 is 0 Å². The van der Waals surface area contributed by atoms with Gasteiger partial charge in [0.25, 0.3) is 0 Å². The van der Waals surface area contributed by atoms with Crippen LogP contribution in [0, 0.1) is 23.6 Å². The lowest BCUT2D eigenvalue weighted by Crippen LogP contribution is -2.70. The highest BCUT2D eigenvalue weighted by molar-refractivity contribution is 6.03. The summed E-state index contributed by atoms with van der Waals surface area (Å²) >= 11 is 0. The van der Waals surface area contributed by atoms with E-state index in [0.717, 1.165) is 24.0 Å². The van der Waals surface area contributed by atoms with Gasteiger partial charge in [-0.05, 0) is 119 Å². The highest BCUT2D eigenvalue weighted by atomic mass is 19.1. The van der Waals surface area contributed by atoms with Gasteiger partial charge >= 0.3 is 12.2 Å². The van der Waals surface area contributed by atoms with Crippen molar-refractivity contribution in [2.24, 2.45) is 22.9 Å². The molecule has 1 heterocycles. The van der Waals surface area contributed by atoms with E-state index in [9.17, 15) is 24.2 Å². The monoisotopic (exact) mass is 901 g/mol. The first kappa shape index (κ1) is 48.8. The summed E-state index contributed by atoms with van der Waals surface area (Å²) in [6.07, 6.45) is 6.72. The van der Waals surface area contributed by atoms with Crippen LogP contribution in [0.2, 0.25) is 0 Å². The number of rotatable bonds is 20. The van der Waals surface area contributed by atoms with Crippen molar-refractivity contribution in [2.45, 2.75) is 103 Å². The Bertz CT molecular complexity index is 2170. The zero-order valence-corrected chi connectivity index (χ0v) is 38.3. The minimum Gasteiger partial charge on any atom is -0.497 e. The van der Waals surface area contributed by atoms with E-state index < -0.39 is 47.3 Å². The molecule has 15 heteroatoms. The zero-order chi connectivity index (χ0) is 46.7. The van der Waals surface area contributed by atoms with E-state index in [1.165, 1.54) is 26.4 Å². The van der Waals surface area contributed by atoms with E-state index in [1.54, 1.807) is 60.4 Å². The molecule has 0 radical (unpaired) electrons. The van der Waals surface area contributed by atoms with Gasteiger partial charge in [-0.25, -0.2) is 14.0 Å². The number of hydrogen-bond donors (Lipinski definition) is 3. The molecule has 3 aliphatic rings. The summed E-state index contributed by atoms with van der Waals surface area (Å²) in [6, 6.07) is 15.3. The van der Waals surface area contributed by atoms with Gasteiger partial charge in [-0.1, -0.05) is 42.3 Å². The molecule has 65 heavy (non-hydrogen) atoms. The van der Waals surface area contributed by atoms with E-state index in [-0.39, 0.29) is 57.0 Å². The van der Waals surface area contributed by atoms with Crippen molar-refractivity contribution in [3.63, 3.8) is 0 Å². The molecule has 352 valence electrons. The highest BCUT2D eigenvalue weighted by Gasteiger charge is 2.65. The predicted molar refractivity (Wildman–Crippen MR) is 244 cm³/mol. The Morgan fingerprint density at radius 1 is 0.985 bits per heavy atom. The molecule has 1 fully saturated rings. The molecule has 3 aromatic rings. The quantitative estimate of drug-likeness (QED) is 0.0562. The van der Waals surface area contributed by atoms with Crippen LogP contribution in [0.15, 0.2) is 90.1 Å². The number of carbonyl (C=O) groups is 2. The number of nitrogens with zero attached hydrogens (tertiary/aromatic N) is 2. The summed E-state index contributed by atoms with van der Waals surface area (Å²) in [6.45, 7) is 11.7. The minimum absolute atomic E-state index is 0.0215. The fraction of sp³-hybridized carbons (Fsp3) is 0.500. The maximum atomic E-state index is 14.4. The largest absolute Gasteiger partial charge is 0.497 e. The first-order valence-corrected chi connectivity index (χ1v) is 22.4.